The molecule has 0 aliphatic heterocycles. The van der Waals surface area contributed by atoms with Gasteiger partial charge in [-0.3, -0.25) is 0 Å². The molecule has 0 saturated heterocycles. The first kappa shape index (κ1) is 27.4. The number of thiophene rings is 1. The smallest absolute Gasteiger partial charge is 0.304 e. The number of halogens is 5. The van der Waals surface area contributed by atoms with Crippen LogP contribution in [0.3, 0.4) is 0 Å². The Morgan fingerprint density at radius 2 is 1.54 bits per heavy atom. The second-order valence-electron chi connectivity index (χ2n) is 14.4. The van der Waals surface area contributed by atoms with Crippen LogP contribution in [0.4, 0.5) is 22.0 Å². The average molecular weight is 981 g/mol. The number of hydrogen-bond acceptors (Lipinski definition) is 3. The molecule has 1 aliphatic carbocycles. The van der Waals surface area contributed by atoms with E-state index < -0.39 is 62.2 Å². The molecular weight excluding hydrogens is 924 g/mol. The summed E-state index contributed by atoms with van der Waals surface area (Å²) >= 11 is 1.59. The quantitative estimate of drug-likeness (QED) is 0.127. The summed E-state index contributed by atoms with van der Waals surface area (Å²) in [6.45, 7) is -6.59. The van der Waals surface area contributed by atoms with E-state index in [1.54, 1.807) is 23.5 Å². The Morgan fingerprint density at radius 1 is 0.807 bits per heavy atom. The van der Waals surface area contributed by atoms with Crippen LogP contribution in [0.15, 0.2) is 97.3 Å². The van der Waals surface area contributed by atoms with E-state index in [2.05, 4.69) is 42.0 Å². The molecule has 7 aromatic rings. The Kier molecular flexibility index (Phi) is 7.94. The van der Waals surface area contributed by atoms with Gasteiger partial charge in [0, 0.05) is 60.6 Å². The summed E-state index contributed by atoms with van der Waals surface area (Å²) in [5.41, 5.74) is -1.87. The monoisotopic (exact) mass is 981 g/mol. The van der Waals surface area contributed by atoms with Crippen LogP contribution >= 0.6 is 11.3 Å². The molecule has 1 fully saturated rings. The van der Waals surface area contributed by atoms with E-state index in [4.69, 9.17) is 17.8 Å². The summed E-state index contributed by atoms with van der Waals surface area (Å²) in [5, 5.41) is 2.13. The van der Waals surface area contributed by atoms with Crippen molar-refractivity contribution in [2.45, 2.75) is 84.9 Å². The van der Waals surface area contributed by atoms with Crippen LogP contribution in [0.2, 0.25) is 0 Å². The third kappa shape index (κ3) is 8.77. The Labute approximate surface area is 368 Å². The van der Waals surface area contributed by atoms with E-state index in [0.717, 1.165) is 51.2 Å². The fourth-order valence-electron chi connectivity index (χ4n) is 6.72. The van der Waals surface area contributed by atoms with E-state index >= 15 is 0 Å². The van der Waals surface area contributed by atoms with Crippen molar-refractivity contribution in [1.82, 2.24) is 9.97 Å². The molecule has 2 nitrogen and oxygen atoms in total. The van der Waals surface area contributed by atoms with Crippen molar-refractivity contribution in [3.8, 4) is 33.6 Å². The van der Waals surface area contributed by atoms with Crippen LogP contribution in [-0.4, -0.2) is 16.1 Å². The maximum atomic E-state index is 13.9. The van der Waals surface area contributed by atoms with Gasteiger partial charge in [0.1, 0.15) is 0 Å². The van der Waals surface area contributed by atoms with Gasteiger partial charge in [-0.25, -0.2) is 0 Å². The van der Waals surface area contributed by atoms with E-state index in [1.807, 2.05) is 30.3 Å². The fourth-order valence-corrected chi connectivity index (χ4v) is 7.93. The second kappa shape index (κ2) is 16.5. The zero-order chi connectivity index (χ0) is 51.8. The largest absolute Gasteiger partial charge is 0.458 e. The Morgan fingerprint density at radius 3 is 2.25 bits per heavy atom. The van der Waals surface area contributed by atoms with Crippen LogP contribution in [0.5, 0.6) is 0 Å². The number of hydrogen-bond donors (Lipinski definition) is 0. The first-order valence-corrected chi connectivity index (χ1v) is 18.4. The van der Waals surface area contributed by atoms with Gasteiger partial charge >= 0.3 is 12.1 Å². The Hall–Kier alpha value is -4.30. The van der Waals surface area contributed by atoms with Crippen LogP contribution < -0.4 is 0 Å². The minimum Gasteiger partial charge on any atom is -0.304 e. The van der Waals surface area contributed by atoms with Crippen LogP contribution in [0, 0.1) is 45.0 Å². The van der Waals surface area contributed by atoms with Gasteiger partial charge in [-0.2, -0.15) is 33.3 Å². The molecule has 0 atom stereocenters. The number of rotatable bonds is 5. The van der Waals surface area contributed by atoms with Gasteiger partial charge in [0.25, 0.3) is 0 Å². The topological polar surface area (TPSA) is 25.8 Å². The normalized spacial score (nSPS) is 19.6. The van der Waals surface area contributed by atoms with Crippen LogP contribution in [-0.2, 0) is 26.0 Å². The zero-order valence-corrected chi connectivity index (χ0v) is 33.7. The predicted molar refractivity (Wildman–Crippen MR) is 219 cm³/mol. The molecule has 0 unspecified atom stereocenters. The molecular formula is C48H43F5IrN2S-2. The van der Waals surface area contributed by atoms with Gasteiger partial charge < -0.3 is 9.97 Å². The molecule has 0 bridgehead atoms. The number of aromatic nitrogens is 2. The molecule has 3 heterocycles. The summed E-state index contributed by atoms with van der Waals surface area (Å²) in [5.74, 6) is -6.43. The molecule has 0 N–H and O–H groups in total. The van der Waals surface area contributed by atoms with Crippen molar-refractivity contribution >= 4 is 31.5 Å². The predicted octanol–water partition coefficient (Wildman–Crippen LogP) is 14.7. The molecule has 297 valence electrons. The number of pyridine rings is 2. The number of fused-ring (bicyclic) bond motifs is 3. The van der Waals surface area contributed by atoms with Crippen LogP contribution in [0.25, 0.3) is 53.8 Å². The van der Waals surface area contributed by atoms with E-state index in [-0.39, 0.29) is 64.9 Å². The molecule has 1 aliphatic rings. The molecule has 4 aromatic carbocycles. The Bertz CT molecular complexity index is 3080. The molecule has 8 rings (SSSR count). The summed E-state index contributed by atoms with van der Waals surface area (Å²) in [7, 11) is 0. The van der Waals surface area contributed by atoms with Gasteiger partial charge in [0.15, 0.2) is 0 Å². The maximum Gasteiger partial charge on any atom is 0.458 e. The zero-order valence-electron chi connectivity index (χ0n) is 44.5. The van der Waals surface area contributed by atoms with Gasteiger partial charge in [0.2, 0.25) is 0 Å². The third-order valence-corrected chi connectivity index (χ3v) is 11.2. The molecule has 1 radical (unpaired) electrons. The van der Waals surface area contributed by atoms with Crippen molar-refractivity contribution in [2.24, 2.45) is 5.41 Å². The number of alkyl halides is 5. The standard InChI is InChI=1S/C33H32NS.C15H11F5N.Ir/c1-21-18-24(23-14-16-33(3,4)17-15-23)12-13-25(21)29-19-30(34-20-22(29)2)28-10-7-9-27-26-8-5-6-11-31(26)35-32(27)28;1-9-3-5-11(6-4-9)13-7-12(10(2)8-21-13)14(16,17)15(18,19)20;/h5-9,11-13,18-20,23H,14-17H2,1-4H3;3-5,7-8H,1-2H3;/q2*-1;/i1D3,2D3,13D,23D;1D3,2D3;. The summed E-state index contributed by atoms with van der Waals surface area (Å²) in [4.78, 5) is 8.17. The summed E-state index contributed by atoms with van der Waals surface area (Å²) in [6.07, 6.45) is -1.52. The molecule has 9 heteroatoms. The van der Waals surface area contributed by atoms with Crippen molar-refractivity contribution in [1.29, 1.82) is 0 Å². The van der Waals surface area contributed by atoms with Crippen molar-refractivity contribution < 1.29 is 61.2 Å². The molecule has 57 heavy (non-hydrogen) atoms. The first-order chi connectivity index (χ1) is 32.1. The summed E-state index contributed by atoms with van der Waals surface area (Å²) < 4.78 is 180. The minimum atomic E-state index is -6.01. The fraction of sp³-hybridized carbons (Fsp3) is 0.292. The summed E-state index contributed by atoms with van der Waals surface area (Å²) in [6, 6.07) is 25.8. The molecule has 1 saturated carbocycles. The number of benzene rings is 4. The molecule has 3 aromatic heterocycles. The minimum absolute atomic E-state index is 0. The average Bonchev–Trinajstić information content (AvgIpc) is 3.64. The maximum absolute atomic E-state index is 13.9. The van der Waals surface area contributed by atoms with Gasteiger partial charge in [-0.15, -0.1) is 59.2 Å². The van der Waals surface area contributed by atoms with E-state index in [0.29, 0.717) is 41.9 Å². The molecule has 0 amide bonds. The van der Waals surface area contributed by atoms with Crippen molar-refractivity contribution in [3.05, 3.63) is 143 Å². The third-order valence-electron chi connectivity index (χ3n) is 10.0. The van der Waals surface area contributed by atoms with E-state index in [9.17, 15) is 23.3 Å². The van der Waals surface area contributed by atoms with Crippen LogP contribution in [0.1, 0.15) is 98.0 Å². The van der Waals surface area contributed by atoms with Crippen molar-refractivity contribution in [3.63, 3.8) is 0 Å². The van der Waals surface area contributed by atoms with Gasteiger partial charge in [-0.05, 0) is 118 Å². The number of aryl methyl sites for hydroxylation is 4. The second-order valence-corrected chi connectivity index (χ2v) is 15.5. The molecule has 0 spiro atoms. The first-order valence-electron chi connectivity index (χ1n) is 24.6. The number of nitrogens with zero attached hydrogens (tertiary/aromatic N) is 2. The SMILES string of the molecule is [2H]C([2H])([2H])c1c[c-]c(-c2cc(C(F)(F)C(F)(F)F)c(C([2H])([2H])[2H])cn2)cc1.[2H]c1cc(C2([2H])CCC(C)(C)CC2)cc(C([2H])([2H])[2H])c1-c1cc(-c2[c-]ccc3c2sc2ccccc23)ncc1C([2H])([2H])[2H].[Ir]. The Balaban J connectivity index is 0.000000255. The van der Waals surface area contributed by atoms with E-state index in [1.165, 1.54) is 12.3 Å². The van der Waals surface area contributed by atoms with Crippen molar-refractivity contribution in [2.75, 3.05) is 0 Å². The van der Waals surface area contributed by atoms with Gasteiger partial charge in [-0.1, -0.05) is 74.6 Å². The van der Waals surface area contributed by atoms with Gasteiger partial charge in [0.05, 0.1) is 1.37 Å².